The zero-order valence-corrected chi connectivity index (χ0v) is 19.1. The van der Waals surface area contributed by atoms with E-state index in [9.17, 15) is 13.2 Å². The number of hydrogen-bond acceptors (Lipinski definition) is 3. The average molecular weight is 437 g/mol. The number of benzene rings is 3. The Morgan fingerprint density at radius 3 is 2.16 bits per heavy atom. The second kappa shape index (κ2) is 9.35. The van der Waals surface area contributed by atoms with Gasteiger partial charge in [-0.3, -0.25) is 9.10 Å². The molecule has 0 spiro atoms. The van der Waals surface area contributed by atoms with E-state index in [4.69, 9.17) is 0 Å². The number of anilines is 1. The Morgan fingerprint density at radius 2 is 1.58 bits per heavy atom. The first-order valence-electron chi connectivity index (χ1n) is 10.1. The number of amides is 1. The molecule has 3 rings (SSSR count). The fourth-order valence-corrected chi connectivity index (χ4v) is 4.19. The van der Waals surface area contributed by atoms with Gasteiger partial charge in [-0.15, -0.1) is 0 Å². The van der Waals surface area contributed by atoms with E-state index in [0.717, 1.165) is 22.3 Å². The van der Waals surface area contributed by atoms with E-state index in [1.54, 1.807) is 24.3 Å². The van der Waals surface area contributed by atoms with Crippen molar-refractivity contribution in [2.24, 2.45) is 0 Å². The van der Waals surface area contributed by atoms with Crippen LogP contribution in [0, 0.1) is 13.8 Å². The molecule has 6 heteroatoms. The second-order valence-electron chi connectivity index (χ2n) is 7.84. The SMILES string of the molecule is Cc1ccc(N(Cc2ccc(C(=O)NC(C)c3ccccc3)cc2)S(C)(=O)=O)cc1C. The molecule has 0 aliphatic heterocycles. The van der Waals surface area contributed by atoms with Gasteiger partial charge >= 0.3 is 0 Å². The van der Waals surface area contributed by atoms with Crippen LogP contribution in [0.5, 0.6) is 0 Å². The maximum Gasteiger partial charge on any atom is 0.251 e. The summed E-state index contributed by atoms with van der Waals surface area (Å²) < 4.78 is 26.2. The van der Waals surface area contributed by atoms with Crippen molar-refractivity contribution < 1.29 is 13.2 Å². The van der Waals surface area contributed by atoms with Gasteiger partial charge in [-0.05, 0) is 67.3 Å². The number of hydrogen-bond donors (Lipinski definition) is 1. The molecule has 0 radical (unpaired) electrons. The standard InChI is InChI=1S/C25H28N2O3S/c1-18-10-15-24(16-19(18)2)27(31(4,29)30)17-21-11-13-23(14-12-21)25(28)26-20(3)22-8-6-5-7-9-22/h5-16,20H,17H2,1-4H3,(H,26,28). The molecule has 0 bridgehead atoms. The van der Waals surface area contributed by atoms with Crippen molar-refractivity contribution in [1.82, 2.24) is 5.32 Å². The van der Waals surface area contributed by atoms with E-state index in [0.29, 0.717) is 11.3 Å². The minimum absolute atomic E-state index is 0.112. The predicted octanol–water partition coefficient (Wildman–Crippen LogP) is 4.76. The van der Waals surface area contributed by atoms with Crippen molar-refractivity contribution >= 4 is 21.6 Å². The van der Waals surface area contributed by atoms with Gasteiger partial charge in [0.2, 0.25) is 10.0 Å². The largest absolute Gasteiger partial charge is 0.346 e. The van der Waals surface area contributed by atoms with Crippen LogP contribution in [0.2, 0.25) is 0 Å². The lowest BCUT2D eigenvalue weighted by Crippen LogP contribution is -2.29. The van der Waals surface area contributed by atoms with Crippen molar-refractivity contribution in [1.29, 1.82) is 0 Å². The van der Waals surface area contributed by atoms with Crippen LogP contribution in [-0.2, 0) is 16.6 Å². The number of carbonyl (C=O) groups is 1. The Kier molecular flexibility index (Phi) is 6.81. The minimum atomic E-state index is -3.46. The number of nitrogens with one attached hydrogen (secondary N) is 1. The highest BCUT2D eigenvalue weighted by Crippen LogP contribution is 2.23. The third-order valence-electron chi connectivity index (χ3n) is 5.37. The van der Waals surface area contributed by atoms with Gasteiger partial charge in [0.25, 0.3) is 5.91 Å². The first kappa shape index (κ1) is 22.6. The summed E-state index contributed by atoms with van der Waals surface area (Å²) in [5.41, 5.74) is 5.14. The Balaban J connectivity index is 1.75. The third-order valence-corrected chi connectivity index (χ3v) is 6.51. The van der Waals surface area contributed by atoms with Gasteiger partial charge in [0.1, 0.15) is 0 Å². The maximum absolute atomic E-state index is 12.6. The zero-order chi connectivity index (χ0) is 22.6. The molecule has 0 saturated carbocycles. The fourth-order valence-electron chi connectivity index (χ4n) is 3.31. The van der Waals surface area contributed by atoms with Crippen LogP contribution in [-0.4, -0.2) is 20.6 Å². The monoisotopic (exact) mass is 436 g/mol. The molecule has 1 atom stereocenters. The lowest BCUT2D eigenvalue weighted by atomic mass is 10.1. The average Bonchev–Trinajstić information content (AvgIpc) is 2.74. The van der Waals surface area contributed by atoms with Crippen LogP contribution in [0.25, 0.3) is 0 Å². The quantitative estimate of drug-likeness (QED) is 0.581. The molecule has 31 heavy (non-hydrogen) atoms. The van der Waals surface area contributed by atoms with E-state index in [2.05, 4.69) is 5.32 Å². The van der Waals surface area contributed by atoms with Crippen molar-refractivity contribution in [2.75, 3.05) is 10.6 Å². The molecular weight excluding hydrogens is 408 g/mol. The highest BCUT2D eigenvalue weighted by Gasteiger charge is 2.19. The van der Waals surface area contributed by atoms with Crippen LogP contribution in [0.15, 0.2) is 72.8 Å². The summed E-state index contributed by atoms with van der Waals surface area (Å²) in [6.07, 6.45) is 1.20. The minimum Gasteiger partial charge on any atom is -0.346 e. The predicted molar refractivity (Wildman–Crippen MR) is 126 cm³/mol. The summed E-state index contributed by atoms with van der Waals surface area (Å²) in [6.45, 7) is 6.09. The molecule has 0 aliphatic rings. The molecule has 162 valence electrons. The van der Waals surface area contributed by atoms with Gasteiger partial charge in [-0.1, -0.05) is 48.5 Å². The Labute approximate surface area is 184 Å². The number of sulfonamides is 1. The van der Waals surface area contributed by atoms with Gasteiger partial charge in [0.05, 0.1) is 24.5 Å². The molecule has 3 aromatic carbocycles. The second-order valence-corrected chi connectivity index (χ2v) is 9.75. The highest BCUT2D eigenvalue weighted by atomic mass is 32.2. The van der Waals surface area contributed by atoms with E-state index < -0.39 is 10.0 Å². The molecule has 0 aromatic heterocycles. The lowest BCUT2D eigenvalue weighted by Gasteiger charge is -2.23. The Bertz CT molecular complexity index is 1160. The number of nitrogens with zero attached hydrogens (tertiary/aromatic N) is 1. The summed E-state index contributed by atoms with van der Waals surface area (Å²) in [4.78, 5) is 12.6. The number of aryl methyl sites for hydroxylation is 2. The third kappa shape index (κ3) is 5.73. The molecule has 0 saturated heterocycles. The van der Waals surface area contributed by atoms with Gasteiger partial charge in [-0.25, -0.2) is 8.42 Å². The molecule has 3 aromatic rings. The topological polar surface area (TPSA) is 66.5 Å². The Morgan fingerprint density at radius 1 is 0.935 bits per heavy atom. The normalized spacial score (nSPS) is 12.3. The molecular formula is C25H28N2O3S. The number of rotatable bonds is 7. The first-order valence-corrected chi connectivity index (χ1v) is 12.0. The summed E-state index contributed by atoms with van der Waals surface area (Å²) in [5.74, 6) is -0.169. The lowest BCUT2D eigenvalue weighted by molar-refractivity contribution is 0.0940. The molecule has 1 unspecified atom stereocenters. The molecule has 1 N–H and O–H groups in total. The van der Waals surface area contributed by atoms with Crippen molar-refractivity contribution in [3.05, 3.63) is 101 Å². The van der Waals surface area contributed by atoms with E-state index in [1.807, 2.05) is 69.3 Å². The molecule has 0 heterocycles. The maximum atomic E-state index is 12.6. The molecule has 0 aliphatic carbocycles. The Hall–Kier alpha value is -3.12. The van der Waals surface area contributed by atoms with Crippen LogP contribution < -0.4 is 9.62 Å². The van der Waals surface area contributed by atoms with Gasteiger partial charge in [0.15, 0.2) is 0 Å². The van der Waals surface area contributed by atoms with Crippen LogP contribution in [0.4, 0.5) is 5.69 Å². The fraction of sp³-hybridized carbons (Fsp3) is 0.240. The van der Waals surface area contributed by atoms with Gasteiger partial charge in [0, 0.05) is 5.56 Å². The molecule has 1 amide bonds. The van der Waals surface area contributed by atoms with Crippen LogP contribution >= 0.6 is 0 Å². The smallest absolute Gasteiger partial charge is 0.251 e. The van der Waals surface area contributed by atoms with Gasteiger partial charge in [-0.2, -0.15) is 0 Å². The van der Waals surface area contributed by atoms with Gasteiger partial charge < -0.3 is 5.32 Å². The van der Waals surface area contributed by atoms with Crippen LogP contribution in [0.3, 0.4) is 0 Å². The van der Waals surface area contributed by atoms with E-state index in [1.165, 1.54) is 10.6 Å². The summed E-state index contributed by atoms with van der Waals surface area (Å²) >= 11 is 0. The van der Waals surface area contributed by atoms with Crippen molar-refractivity contribution in [3.63, 3.8) is 0 Å². The summed E-state index contributed by atoms with van der Waals surface area (Å²) in [6, 6.07) is 22.3. The van der Waals surface area contributed by atoms with E-state index >= 15 is 0 Å². The van der Waals surface area contributed by atoms with Crippen molar-refractivity contribution in [3.8, 4) is 0 Å². The summed E-state index contributed by atoms with van der Waals surface area (Å²) in [7, 11) is -3.46. The summed E-state index contributed by atoms with van der Waals surface area (Å²) in [5, 5.41) is 2.99. The molecule has 0 fully saturated rings. The zero-order valence-electron chi connectivity index (χ0n) is 18.3. The van der Waals surface area contributed by atoms with Crippen LogP contribution in [0.1, 0.15) is 45.6 Å². The number of carbonyl (C=O) groups excluding carboxylic acids is 1. The van der Waals surface area contributed by atoms with Crippen molar-refractivity contribution in [2.45, 2.75) is 33.4 Å². The van der Waals surface area contributed by atoms with E-state index in [-0.39, 0.29) is 18.5 Å². The molecule has 5 nitrogen and oxygen atoms in total. The first-order chi connectivity index (χ1) is 14.6. The highest BCUT2D eigenvalue weighted by molar-refractivity contribution is 7.92.